The highest BCUT2D eigenvalue weighted by atomic mass is 32.2. The zero-order valence-corrected chi connectivity index (χ0v) is 57.6. The average Bonchev–Trinajstić information content (AvgIpc) is 3.46. The molecule has 6 aromatic heterocycles. The highest BCUT2D eigenvalue weighted by Gasteiger charge is 2.32. The molecule has 4 atom stereocenters. The number of rotatable bonds is 22. The van der Waals surface area contributed by atoms with Crippen LogP contribution in [0.2, 0.25) is 0 Å². The molecule has 434 valence electrons. The van der Waals surface area contributed by atoms with Crippen LogP contribution in [-0.2, 0) is 22.4 Å². The first-order chi connectivity index (χ1) is 38.7. The van der Waals surface area contributed by atoms with Gasteiger partial charge in [-0.25, -0.2) is 0 Å². The molecule has 0 saturated heterocycles. The van der Waals surface area contributed by atoms with Crippen LogP contribution < -0.4 is 10.4 Å². The molecule has 8 aromatic rings. The zero-order chi connectivity index (χ0) is 58.5. The van der Waals surface area contributed by atoms with E-state index in [-0.39, 0.29) is 10.2 Å². The maximum absolute atomic E-state index is 14.1. The lowest BCUT2D eigenvalue weighted by atomic mass is 9.76. The van der Waals surface area contributed by atoms with E-state index in [2.05, 4.69) is 194 Å². The molecule has 0 saturated carbocycles. The molecule has 2 aromatic carbocycles. The van der Waals surface area contributed by atoms with Gasteiger partial charge in [-0.3, -0.25) is 9.59 Å². The monoisotopic (exact) mass is 1240 g/mol. The third kappa shape index (κ3) is 15.1. The van der Waals surface area contributed by atoms with Crippen LogP contribution in [0.25, 0.3) is 60.9 Å². The number of carbonyl (C=O) groups is 2. The first kappa shape index (κ1) is 61.8. The van der Waals surface area contributed by atoms with Crippen LogP contribution in [0.4, 0.5) is 0 Å². The van der Waals surface area contributed by atoms with Crippen molar-refractivity contribution in [1.82, 2.24) is 0 Å². The Morgan fingerprint density at radius 1 is 0.354 bits per heavy atom. The minimum atomic E-state index is 0.0874. The fraction of sp³-hybridized carbons (Fsp3) is 0.472. The Morgan fingerprint density at radius 2 is 0.659 bits per heavy atom. The van der Waals surface area contributed by atoms with Crippen molar-refractivity contribution in [3.8, 4) is 39.0 Å². The van der Waals surface area contributed by atoms with Gasteiger partial charge in [-0.1, -0.05) is 147 Å². The molecule has 8 heterocycles. The van der Waals surface area contributed by atoms with Crippen LogP contribution in [0.15, 0.2) is 107 Å². The van der Waals surface area contributed by atoms with Gasteiger partial charge in [0, 0.05) is 78.8 Å². The van der Waals surface area contributed by atoms with E-state index in [0.717, 1.165) is 64.7 Å². The van der Waals surface area contributed by atoms with E-state index in [4.69, 9.17) is 0 Å². The van der Waals surface area contributed by atoms with Gasteiger partial charge < -0.3 is 0 Å². The molecule has 0 N–H and O–H groups in total. The lowest BCUT2D eigenvalue weighted by Crippen LogP contribution is -2.20. The van der Waals surface area contributed by atoms with E-state index in [9.17, 15) is 9.59 Å². The highest BCUT2D eigenvalue weighted by Crippen LogP contribution is 2.48. The second-order valence-electron chi connectivity index (χ2n) is 28.7. The van der Waals surface area contributed by atoms with Crippen LogP contribution in [0.5, 0.6) is 0 Å². The number of benzene rings is 2. The van der Waals surface area contributed by atoms with E-state index in [1.54, 1.807) is 22.7 Å². The van der Waals surface area contributed by atoms with E-state index in [1.165, 1.54) is 137 Å². The molecule has 0 bridgehead atoms. The Kier molecular flexibility index (Phi) is 19.0. The summed E-state index contributed by atoms with van der Waals surface area (Å²) in [7, 11) is 0. The Hall–Kier alpha value is -3.32. The van der Waals surface area contributed by atoms with E-state index in [1.807, 2.05) is 45.3 Å². The van der Waals surface area contributed by atoms with E-state index < -0.39 is 0 Å². The van der Waals surface area contributed by atoms with Gasteiger partial charge >= 0.3 is 0 Å². The van der Waals surface area contributed by atoms with Crippen LogP contribution in [0, 0.1) is 45.3 Å². The third-order valence-corrected chi connectivity index (χ3v) is 26.0. The largest absolute Gasteiger partial charge is 0.281 e. The number of hydrogen-bond donors (Lipinski definition) is 0. The topological polar surface area (TPSA) is 34.1 Å². The second kappa shape index (κ2) is 25.2. The van der Waals surface area contributed by atoms with Gasteiger partial charge in [0.15, 0.2) is 0 Å². The fourth-order valence-corrected chi connectivity index (χ4v) is 21.7. The normalized spacial score (nSPS) is 15.7. The minimum absolute atomic E-state index is 0.0874. The molecular formula is C72H86O2S8. The summed E-state index contributed by atoms with van der Waals surface area (Å²) < 4.78 is 0. The van der Waals surface area contributed by atoms with Gasteiger partial charge in [0.05, 0.1) is 11.1 Å². The summed E-state index contributed by atoms with van der Waals surface area (Å²) in [5.41, 5.74) is 3.03. The summed E-state index contributed by atoms with van der Waals surface area (Å²) in [6.45, 7) is 33.5. The SMILES string of the molecule is CC(CC(C)(C)C)C(CCCCC(C)(C)C)Cc1ccc(-c2ccc(-c3ccc(C4=c5ccc6c7c(ccc6c5SC4=O)=C(c4ccc(-c5ccc(-c6ccc(CC(CCCCC(C)(C)C)C(C)CC(C)(C)C)s6)s5)s4)C(=O)S7)s3)s2)s1. The summed E-state index contributed by atoms with van der Waals surface area (Å²) in [6, 6.07) is 35.8. The molecule has 2 aliphatic heterocycles. The van der Waals surface area contributed by atoms with Crippen molar-refractivity contribution in [2.75, 3.05) is 0 Å². The Labute approximate surface area is 523 Å². The molecule has 10 heteroatoms. The molecule has 0 spiro atoms. The van der Waals surface area contributed by atoms with Crippen molar-refractivity contribution in [2.45, 2.75) is 184 Å². The first-order valence-electron chi connectivity index (χ1n) is 30.1. The Morgan fingerprint density at radius 3 is 0.988 bits per heavy atom. The van der Waals surface area contributed by atoms with Crippen molar-refractivity contribution >= 4 is 124 Å². The van der Waals surface area contributed by atoms with Gasteiger partial charge in [-0.15, -0.1) is 68.0 Å². The van der Waals surface area contributed by atoms with Gasteiger partial charge in [-0.2, -0.15) is 0 Å². The van der Waals surface area contributed by atoms with Crippen molar-refractivity contribution in [3.63, 3.8) is 0 Å². The van der Waals surface area contributed by atoms with Crippen LogP contribution >= 0.6 is 91.5 Å². The molecule has 0 amide bonds. The lowest BCUT2D eigenvalue weighted by molar-refractivity contribution is -0.106. The van der Waals surface area contributed by atoms with Gasteiger partial charge in [-0.05, 0) is 204 Å². The lowest BCUT2D eigenvalue weighted by Gasteiger charge is -2.30. The van der Waals surface area contributed by atoms with E-state index >= 15 is 0 Å². The van der Waals surface area contributed by atoms with Gasteiger partial charge in [0.1, 0.15) is 0 Å². The van der Waals surface area contributed by atoms with Crippen molar-refractivity contribution in [2.24, 2.45) is 45.3 Å². The van der Waals surface area contributed by atoms with Crippen molar-refractivity contribution in [1.29, 1.82) is 0 Å². The molecule has 0 radical (unpaired) electrons. The molecule has 2 nitrogen and oxygen atoms in total. The van der Waals surface area contributed by atoms with Crippen molar-refractivity contribution < 1.29 is 9.59 Å². The molecule has 0 aliphatic carbocycles. The van der Waals surface area contributed by atoms with Crippen LogP contribution in [0.1, 0.15) is 181 Å². The molecule has 82 heavy (non-hydrogen) atoms. The maximum atomic E-state index is 14.1. The Balaban J connectivity index is 0.835. The summed E-state index contributed by atoms with van der Waals surface area (Å²) in [4.78, 5) is 45.3. The van der Waals surface area contributed by atoms with Crippen molar-refractivity contribution in [3.05, 3.63) is 127 Å². The van der Waals surface area contributed by atoms with Gasteiger partial charge in [0.2, 0.25) is 10.2 Å². The minimum Gasteiger partial charge on any atom is -0.281 e. The highest BCUT2D eigenvalue weighted by molar-refractivity contribution is 8.15. The van der Waals surface area contributed by atoms with E-state index in [0.29, 0.717) is 45.3 Å². The first-order valence-corrected chi connectivity index (χ1v) is 36.6. The third-order valence-electron chi connectivity index (χ3n) is 16.6. The number of carbonyl (C=O) groups excluding carboxylic acids is 2. The Bertz CT molecular complexity index is 3460. The summed E-state index contributed by atoms with van der Waals surface area (Å²) >= 11 is 13.8. The molecule has 0 fully saturated rings. The number of thiophene rings is 6. The maximum Gasteiger partial charge on any atom is 0.226 e. The fourth-order valence-electron chi connectivity index (χ4n) is 12.7. The number of fused-ring (bicyclic) bond motifs is 5. The summed E-state index contributed by atoms with van der Waals surface area (Å²) in [6.07, 6.45) is 15.3. The standard InChI is InChI=1S/C72H86O2S8/c1-43(41-71(9,10)11)45(19-15-17-37-69(3,4)5)39-47-21-27-53(75-47)55-29-31-57(77-55)59-33-35-61(79-59)63-51-25-23-50-49(65(51)81-67(63)73)24-26-52-64(68(74)82-66(50)52)62-36-34-60(80-62)58-32-30-56(78-58)54-28-22-48(76-54)40-46(44(2)42-72(12,13)14)20-16-18-38-70(6,7)8/h21-36,43-46H,15-20,37-42H2,1-14H3. The molecule has 10 rings (SSSR count). The second-order valence-corrected chi connectivity index (χ2v) is 37.4. The van der Waals surface area contributed by atoms with Crippen LogP contribution in [0.3, 0.4) is 0 Å². The number of hydrogen-bond acceptors (Lipinski definition) is 10. The molecule has 2 aliphatic rings. The predicted octanol–water partition coefficient (Wildman–Crippen LogP) is 23.2. The zero-order valence-electron chi connectivity index (χ0n) is 51.1. The predicted molar refractivity (Wildman–Crippen MR) is 369 cm³/mol. The summed E-state index contributed by atoms with van der Waals surface area (Å²) in [5, 5.41) is 4.24. The van der Waals surface area contributed by atoms with Crippen LogP contribution in [-0.4, -0.2) is 10.2 Å². The average molecular weight is 1240 g/mol. The number of unbranched alkanes of at least 4 members (excludes halogenated alkanes) is 2. The molecule has 4 unspecified atom stereocenters. The smallest absolute Gasteiger partial charge is 0.226 e. The number of thioether (sulfide) groups is 2. The van der Waals surface area contributed by atoms with Gasteiger partial charge in [0.25, 0.3) is 0 Å². The summed E-state index contributed by atoms with van der Waals surface area (Å²) in [5.74, 6) is 2.76. The quantitative estimate of drug-likeness (QED) is 0.0634. The molecular weight excluding hydrogens is 1150 g/mol.